The number of carboxylic acids is 3. The smallest absolute Gasteiger partial charge is 0.351 e. The highest BCUT2D eigenvalue weighted by atomic mass is 16.4. The third-order valence-corrected chi connectivity index (χ3v) is 10.6. The molecule has 0 unspecified atom stereocenters. The van der Waals surface area contributed by atoms with Crippen LogP contribution in [0, 0.1) is 0 Å². The quantitative estimate of drug-likeness (QED) is 0.0232. The van der Waals surface area contributed by atoms with Crippen molar-refractivity contribution in [1.29, 1.82) is 0 Å². The van der Waals surface area contributed by atoms with Gasteiger partial charge in [-0.25, -0.2) is 9.59 Å². The Balaban J connectivity index is 4.00. The van der Waals surface area contributed by atoms with Crippen molar-refractivity contribution >= 4 is 17.9 Å². The molecule has 0 aromatic heterocycles. The Hall–Kier alpha value is -2.63. The summed E-state index contributed by atoms with van der Waals surface area (Å²) in [5.74, 6) is -3.05. The molecule has 0 bridgehead atoms. The largest absolute Gasteiger partial charge is 0.480 e. The van der Waals surface area contributed by atoms with Crippen LogP contribution < -0.4 is 21.3 Å². The molecule has 0 amide bonds. The normalized spacial score (nSPS) is 12.0. The van der Waals surface area contributed by atoms with Crippen molar-refractivity contribution < 1.29 is 29.7 Å². The molecule has 0 fully saturated rings. The first-order valence-corrected chi connectivity index (χ1v) is 23.5. The Morgan fingerprint density at radius 1 is 0.439 bits per heavy atom. The van der Waals surface area contributed by atoms with Crippen LogP contribution in [0.2, 0.25) is 0 Å². The van der Waals surface area contributed by atoms with Crippen molar-refractivity contribution in [2.45, 2.75) is 194 Å². The van der Waals surface area contributed by atoms with E-state index in [9.17, 15) is 29.7 Å². The molecule has 0 aromatic carbocycles. The van der Waals surface area contributed by atoms with Gasteiger partial charge in [0.05, 0.1) is 0 Å². The highest BCUT2D eigenvalue weighted by Gasteiger charge is 2.18. The summed E-state index contributed by atoms with van der Waals surface area (Å²) in [6.45, 7) is 8.99. The second-order valence-electron chi connectivity index (χ2n) is 15.9. The minimum absolute atomic E-state index is 0.0672. The van der Waals surface area contributed by atoms with Gasteiger partial charge in [-0.05, 0) is 25.7 Å². The summed E-state index contributed by atoms with van der Waals surface area (Å²) >= 11 is 0. The van der Waals surface area contributed by atoms with Crippen molar-refractivity contribution in [3.63, 3.8) is 0 Å². The number of unbranched alkanes of at least 4 members (excludes halogenated alkanes) is 26. The van der Waals surface area contributed by atoms with Crippen LogP contribution in [0.4, 0.5) is 0 Å². The Morgan fingerprint density at radius 2 is 0.789 bits per heavy atom. The first kappa shape index (κ1) is 54.4. The lowest BCUT2D eigenvalue weighted by Gasteiger charge is -2.23. The van der Waals surface area contributed by atoms with Crippen LogP contribution in [0.5, 0.6) is 0 Å². The number of nitrogens with zero attached hydrogens (tertiary/aromatic N) is 1. The Kier molecular flexibility index (Phi) is 41.0. The van der Waals surface area contributed by atoms with E-state index in [1.54, 1.807) is 6.08 Å². The van der Waals surface area contributed by atoms with E-state index in [1.165, 1.54) is 140 Å². The van der Waals surface area contributed by atoms with Gasteiger partial charge in [0.1, 0.15) is 17.9 Å². The molecule has 0 heterocycles. The second-order valence-corrected chi connectivity index (χ2v) is 15.9. The fourth-order valence-corrected chi connectivity index (χ4v) is 7.07. The maximum Gasteiger partial charge on any atom is 0.351 e. The molecule has 0 radical (unpaired) electrons. The van der Waals surface area contributed by atoms with Crippen LogP contribution in [0.3, 0.4) is 0 Å². The van der Waals surface area contributed by atoms with Crippen LogP contribution in [0.25, 0.3) is 0 Å². The summed E-state index contributed by atoms with van der Waals surface area (Å²) in [6, 6.07) is 0. The number of rotatable bonds is 46. The molecular formula is C46H89N5O6. The molecule has 0 rings (SSSR count). The van der Waals surface area contributed by atoms with Gasteiger partial charge in [-0.3, -0.25) is 4.79 Å². The Morgan fingerprint density at radius 3 is 1.16 bits per heavy atom. The number of aliphatic carboxylic acids is 3. The van der Waals surface area contributed by atoms with Gasteiger partial charge in [0.15, 0.2) is 0 Å². The summed E-state index contributed by atoms with van der Waals surface area (Å²) in [6.07, 6.45) is 38.2. The monoisotopic (exact) mass is 808 g/mol. The molecule has 0 atom stereocenters. The van der Waals surface area contributed by atoms with Gasteiger partial charge in [-0.1, -0.05) is 180 Å². The highest BCUT2D eigenvalue weighted by Crippen LogP contribution is 2.15. The second kappa shape index (κ2) is 43.0. The zero-order chi connectivity index (χ0) is 41.9. The lowest BCUT2D eigenvalue weighted by Crippen LogP contribution is -2.39. The first-order valence-electron chi connectivity index (χ1n) is 23.5. The summed E-state index contributed by atoms with van der Waals surface area (Å²) in [5.41, 5.74) is 0.347. The summed E-state index contributed by atoms with van der Waals surface area (Å²) in [7, 11) is 0. The van der Waals surface area contributed by atoms with Crippen LogP contribution in [-0.4, -0.2) is 97.0 Å². The molecule has 0 aromatic rings. The van der Waals surface area contributed by atoms with E-state index in [2.05, 4.69) is 35.1 Å². The van der Waals surface area contributed by atoms with Gasteiger partial charge in [-0.2, -0.15) is 0 Å². The predicted molar refractivity (Wildman–Crippen MR) is 238 cm³/mol. The van der Waals surface area contributed by atoms with Gasteiger partial charge in [0, 0.05) is 52.4 Å². The third-order valence-electron chi connectivity index (χ3n) is 10.6. The molecule has 0 aliphatic carbocycles. The van der Waals surface area contributed by atoms with Gasteiger partial charge in [-0.15, -0.1) is 0 Å². The number of hydrogen-bond donors (Lipinski definition) is 7. The van der Waals surface area contributed by atoms with Crippen molar-refractivity contribution in [1.82, 2.24) is 26.2 Å². The third kappa shape index (κ3) is 38.6. The van der Waals surface area contributed by atoms with Crippen molar-refractivity contribution in [3.05, 3.63) is 23.5 Å². The maximum absolute atomic E-state index is 12.0. The van der Waals surface area contributed by atoms with Crippen molar-refractivity contribution in [3.8, 4) is 0 Å². The predicted octanol–water partition coefficient (Wildman–Crippen LogP) is 9.63. The molecule has 11 heteroatoms. The van der Waals surface area contributed by atoms with Gasteiger partial charge in [0.25, 0.3) is 0 Å². The molecule has 57 heavy (non-hydrogen) atoms. The number of carbonyl (C=O) groups is 3. The topological polar surface area (TPSA) is 163 Å². The number of allylic oxidation sites excluding steroid dienone is 2. The van der Waals surface area contributed by atoms with Gasteiger partial charge < -0.3 is 41.5 Å². The van der Waals surface area contributed by atoms with Gasteiger partial charge >= 0.3 is 17.9 Å². The van der Waals surface area contributed by atoms with E-state index >= 15 is 0 Å². The summed E-state index contributed by atoms with van der Waals surface area (Å²) in [5, 5.41) is 41.8. The molecule has 334 valence electrons. The van der Waals surface area contributed by atoms with Gasteiger partial charge in [0.2, 0.25) is 0 Å². The van der Waals surface area contributed by atoms with E-state index in [-0.39, 0.29) is 17.9 Å². The van der Waals surface area contributed by atoms with E-state index in [0.717, 1.165) is 51.6 Å². The zero-order valence-electron chi connectivity index (χ0n) is 36.8. The van der Waals surface area contributed by atoms with E-state index < -0.39 is 17.9 Å². The lowest BCUT2D eigenvalue weighted by molar-refractivity contribution is -0.139. The molecule has 7 N–H and O–H groups in total. The molecular weight excluding hydrogens is 719 g/mol. The van der Waals surface area contributed by atoms with E-state index in [0.29, 0.717) is 45.7 Å². The van der Waals surface area contributed by atoms with Crippen LogP contribution in [-0.2, 0) is 14.4 Å². The minimum Gasteiger partial charge on any atom is -0.480 e. The van der Waals surface area contributed by atoms with E-state index in [4.69, 9.17) is 0 Å². The number of nitrogens with one attached hydrogen (secondary N) is 4. The summed E-state index contributed by atoms with van der Waals surface area (Å²) in [4.78, 5) is 36.6. The standard InChI is InChI=1S/C46H89N5O6/c1-3-5-7-9-11-13-15-17-19-21-23-25-27-29-31-42(45(54)55)50-38-37-48-34-33-47-35-36-49-39-40-51(41-44(52)53)43(46(56)57)32-30-28-26-24-22-20-18-16-14-12-10-8-6-4-2/h31-32,47-50H,3-30,33-41H2,1-2H3,(H,52,53)(H,54,55)(H,56,57). The van der Waals surface area contributed by atoms with Crippen LogP contribution in [0.1, 0.15) is 194 Å². The van der Waals surface area contributed by atoms with Crippen LogP contribution >= 0.6 is 0 Å². The molecule has 0 aliphatic rings. The van der Waals surface area contributed by atoms with Crippen molar-refractivity contribution in [2.24, 2.45) is 0 Å². The SMILES string of the molecule is CCCCCCCCCCCCCCCC=C(NCCNCCNCCNCCN(CC(=O)O)C(=CCCCCCCCCCCCCCCC)C(=O)O)C(=O)O. The number of hydrogen-bond acceptors (Lipinski definition) is 8. The Labute approximate surface area is 349 Å². The fraction of sp³-hybridized carbons (Fsp3) is 0.848. The highest BCUT2D eigenvalue weighted by molar-refractivity contribution is 5.87. The minimum atomic E-state index is -1.09. The Bertz CT molecular complexity index is 1010. The van der Waals surface area contributed by atoms with Crippen molar-refractivity contribution in [2.75, 3.05) is 58.9 Å². The molecule has 11 nitrogen and oxygen atoms in total. The molecule has 0 aliphatic heterocycles. The number of carboxylic acid groups (broad SMARTS) is 3. The zero-order valence-corrected chi connectivity index (χ0v) is 36.8. The average molecular weight is 808 g/mol. The first-order chi connectivity index (χ1) is 27.8. The molecule has 0 spiro atoms. The van der Waals surface area contributed by atoms with Crippen LogP contribution in [0.15, 0.2) is 23.5 Å². The fourth-order valence-electron chi connectivity index (χ4n) is 7.07. The molecule has 0 saturated carbocycles. The van der Waals surface area contributed by atoms with E-state index in [1.807, 2.05) is 6.08 Å². The average Bonchev–Trinajstić information content (AvgIpc) is 3.18. The summed E-state index contributed by atoms with van der Waals surface area (Å²) < 4.78 is 0. The lowest BCUT2D eigenvalue weighted by atomic mass is 10.0. The molecule has 0 saturated heterocycles. The maximum atomic E-state index is 12.0.